The van der Waals surface area contributed by atoms with Crippen molar-refractivity contribution >= 4 is 108 Å². The first-order valence-corrected chi connectivity index (χ1v) is 9.75. The standard InChI is InChI=1S/C18H12S6/c19-7-3-11-16(15(23)4-7)10-6-14(22)13(21)5-9(10)8-1-2-12(20)18(24)17(8)11/h1-6,19-24H. The van der Waals surface area contributed by atoms with Crippen molar-refractivity contribution in [3.05, 3.63) is 36.4 Å². The van der Waals surface area contributed by atoms with Crippen LogP contribution in [0, 0.1) is 0 Å². The first-order valence-electron chi connectivity index (χ1n) is 7.06. The fourth-order valence-electron chi connectivity index (χ4n) is 3.18. The van der Waals surface area contributed by atoms with Crippen LogP contribution in [0.25, 0.3) is 32.3 Å². The Kier molecular flexibility index (Phi) is 4.43. The van der Waals surface area contributed by atoms with E-state index in [1.807, 2.05) is 18.2 Å². The quantitative estimate of drug-likeness (QED) is 0.130. The molecule has 0 heterocycles. The molecule has 0 spiro atoms. The molecule has 0 aliphatic heterocycles. The molecule has 0 bridgehead atoms. The van der Waals surface area contributed by atoms with Crippen LogP contribution < -0.4 is 0 Å². The Balaban J connectivity index is 2.46. The van der Waals surface area contributed by atoms with Gasteiger partial charge in [-0.25, -0.2) is 0 Å². The summed E-state index contributed by atoms with van der Waals surface area (Å²) >= 11 is 27.6. The molecule has 24 heavy (non-hydrogen) atoms. The summed E-state index contributed by atoms with van der Waals surface area (Å²) in [6, 6.07) is 12.2. The summed E-state index contributed by atoms with van der Waals surface area (Å²) in [5.74, 6) is 0. The third-order valence-corrected chi connectivity index (χ3v) is 6.74. The molecule has 0 N–H and O–H groups in total. The predicted molar refractivity (Wildman–Crippen MR) is 122 cm³/mol. The number of hydrogen-bond donors (Lipinski definition) is 6. The summed E-state index contributed by atoms with van der Waals surface area (Å²) in [6.45, 7) is 0. The van der Waals surface area contributed by atoms with Gasteiger partial charge in [0.2, 0.25) is 0 Å². The van der Waals surface area contributed by atoms with Crippen LogP contribution in [-0.4, -0.2) is 0 Å². The Morgan fingerprint density at radius 2 is 1.12 bits per heavy atom. The van der Waals surface area contributed by atoms with Crippen molar-refractivity contribution in [3.63, 3.8) is 0 Å². The minimum absolute atomic E-state index is 0.839. The Morgan fingerprint density at radius 1 is 0.458 bits per heavy atom. The maximum Gasteiger partial charge on any atom is 0.0259 e. The topological polar surface area (TPSA) is 0 Å². The van der Waals surface area contributed by atoms with E-state index in [4.69, 9.17) is 25.3 Å². The molecule has 120 valence electrons. The van der Waals surface area contributed by atoms with Crippen molar-refractivity contribution in [2.24, 2.45) is 0 Å². The second-order valence-corrected chi connectivity index (χ2v) is 8.52. The minimum Gasteiger partial charge on any atom is -0.143 e. The van der Waals surface area contributed by atoms with E-state index in [0.29, 0.717) is 0 Å². The van der Waals surface area contributed by atoms with Crippen LogP contribution >= 0.6 is 75.8 Å². The summed E-state index contributed by atoms with van der Waals surface area (Å²) in [5.41, 5.74) is 0. The lowest BCUT2D eigenvalue weighted by atomic mass is 9.94. The van der Waals surface area contributed by atoms with E-state index in [1.165, 1.54) is 0 Å². The number of fused-ring (bicyclic) bond motifs is 6. The van der Waals surface area contributed by atoms with E-state index in [-0.39, 0.29) is 0 Å². The first-order chi connectivity index (χ1) is 11.4. The number of thiol groups is 6. The van der Waals surface area contributed by atoms with Crippen molar-refractivity contribution in [1.29, 1.82) is 0 Å². The number of rotatable bonds is 0. The molecule has 0 aromatic heterocycles. The molecule has 6 heteroatoms. The van der Waals surface area contributed by atoms with Gasteiger partial charge in [0.05, 0.1) is 0 Å². The smallest absolute Gasteiger partial charge is 0.0259 e. The van der Waals surface area contributed by atoms with Crippen molar-refractivity contribution < 1.29 is 0 Å². The maximum atomic E-state index is 4.72. The summed E-state index contributed by atoms with van der Waals surface area (Å²) in [6.07, 6.45) is 0. The molecule has 0 radical (unpaired) electrons. The largest absolute Gasteiger partial charge is 0.143 e. The van der Waals surface area contributed by atoms with Crippen LogP contribution in [0.3, 0.4) is 0 Å². The van der Waals surface area contributed by atoms with Gasteiger partial charge in [0.25, 0.3) is 0 Å². The Bertz CT molecular complexity index is 1160. The van der Waals surface area contributed by atoms with Gasteiger partial charge in [0.15, 0.2) is 0 Å². The SMILES string of the molecule is Sc1cc(S)c2c3cc(S)c(S)cc3c3ccc(S)c(S)c3c2c1. The van der Waals surface area contributed by atoms with Gasteiger partial charge >= 0.3 is 0 Å². The van der Waals surface area contributed by atoms with E-state index < -0.39 is 0 Å². The highest BCUT2D eigenvalue weighted by Gasteiger charge is 2.15. The lowest BCUT2D eigenvalue weighted by molar-refractivity contribution is 1.30. The van der Waals surface area contributed by atoms with Gasteiger partial charge in [-0.05, 0) is 51.9 Å². The number of benzene rings is 4. The maximum absolute atomic E-state index is 4.72. The zero-order valence-electron chi connectivity index (χ0n) is 12.1. The monoisotopic (exact) mass is 420 g/mol. The fraction of sp³-hybridized carbons (Fsp3) is 0. The average molecular weight is 421 g/mol. The van der Waals surface area contributed by atoms with Crippen molar-refractivity contribution in [1.82, 2.24) is 0 Å². The van der Waals surface area contributed by atoms with Crippen LogP contribution in [0.1, 0.15) is 0 Å². The second-order valence-electron chi connectivity index (χ2n) is 5.63. The molecule has 4 aromatic rings. The van der Waals surface area contributed by atoms with E-state index >= 15 is 0 Å². The zero-order chi connectivity index (χ0) is 17.2. The first kappa shape index (κ1) is 17.2. The molecule has 4 rings (SSSR count). The fourth-order valence-corrected chi connectivity index (χ4v) is 4.81. The van der Waals surface area contributed by atoms with Gasteiger partial charge in [-0.15, -0.1) is 75.8 Å². The van der Waals surface area contributed by atoms with Gasteiger partial charge in [0, 0.05) is 40.1 Å². The molecule has 0 saturated carbocycles. The van der Waals surface area contributed by atoms with Crippen molar-refractivity contribution in [2.75, 3.05) is 0 Å². The van der Waals surface area contributed by atoms with Crippen molar-refractivity contribution in [3.8, 4) is 0 Å². The van der Waals surface area contributed by atoms with Crippen LogP contribution in [0.5, 0.6) is 0 Å². The number of hydrogen-bond acceptors (Lipinski definition) is 6. The van der Waals surface area contributed by atoms with Gasteiger partial charge < -0.3 is 0 Å². The summed E-state index contributed by atoms with van der Waals surface area (Å²) in [5, 5.41) is 6.49. The molecular weight excluding hydrogens is 409 g/mol. The average Bonchev–Trinajstić information content (AvgIpc) is 2.51. The van der Waals surface area contributed by atoms with Crippen LogP contribution in [0.15, 0.2) is 65.8 Å². The second kappa shape index (κ2) is 6.18. The summed E-state index contributed by atoms with van der Waals surface area (Å²) < 4.78 is 0. The van der Waals surface area contributed by atoms with Gasteiger partial charge in [-0.2, -0.15) is 0 Å². The third-order valence-electron chi connectivity index (χ3n) is 4.20. The molecule has 0 saturated heterocycles. The highest BCUT2D eigenvalue weighted by atomic mass is 32.1. The van der Waals surface area contributed by atoms with E-state index in [1.54, 1.807) is 0 Å². The Labute approximate surface area is 172 Å². The van der Waals surface area contributed by atoms with E-state index in [9.17, 15) is 0 Å². The Morgan fingerprint density at radius 3 is 1.83 bits per heavy atom. The molecule has 0 fully saturated rings. The minimum atomic E-state index is 0.839. The van der Waals surface area contributed by atoms with Crippen LogP contribution in [0.2, 0.25) is 0 Å². The van der Waals surface area contributed by atoms with Gasteiger partial charge in [-0.1, -0.05) is 6.07 Å². The van der Waals surface area contributed by atoms with Crippen LogP contribution in [-0.2, 0) is 0 Å². The zero-order valence-corrected chi connectivity index (χ0v) is 17.5. The highest BCUT2D eigenvalue weighted by molar-refractivity contribution is 7.84. The molecule has 0 atom stereocenters. The molecular formula is C18H12S6. The highest BCUT2D eigenvalue weighted by Crippen LogP contribution is 2.44. The van der Waals surface area contributed by atoms with Crippen molar-refractivity contribution in [2.45, 2.75) is 29.4 Å². The van der Waals surface area contributed by atoms with Crippen LogP contribution in [0.4, 0.5) is 0 Å². The summed E-state index contributed by atoms with van der Waals surface area (Å²) in [7, 11) is 0. The van der Waals surface area contributed by atoms with E-state index in [2.05, 4.69) is 68.7 Å². The van der Waals surface area contributed by atoms with Gasteiger partial charge in [-0.3, -0.25) is 0 Å². The molecule has 4 aromatic carbocycles. The van der Waals surface area contributed by atoms with E-state index in [0.717, 1.165) is 61.7 Å². The summed E-state index contributed by atoms with van der Waals surface area (Å²) in [4.78, 5) is 5.11. The molecule has 0 amide bonds. The molecule has 0 aliphatic rings. The molecule has 0 aliphatic carbocycles. The van der Waals surface area contributed by atoms with Gasteiger partial charge in [0.1, 0.15) is 0 Å². The lowest BCUT2D eigenvalue weighted by Crippen LogP contribution is -1.88. The lowest BCUT2D eigenvalue weighted by Gasteiger charge is -2.16. The third kappa shape index (κ3) is 2.54. The predicted octanol–water partition coefficient (Wildman–Crippen LogP) is 6.88. The molecule has 0 nitrogen and oxygen atoms in total. The Hall–Kier alpha value is -0.240. The normalized spacial score (nSPS) is 11.8. The molecule has 0 unspecified atom stereocenters.